The molecule has 0 aromatic heterocycles. The number of methoxy groups -OCH3 is 1. The molecule has 122 valence electrons. The Labute approximate surface area is 132 Å². The Morgan fingerprint density at radius 2 is 1.77 bits per heavy atom. The molecular formula is C17H26N2O3. The summed E-state index contributed by atoms with van der Waals surface area (Å²) in [6, 6.07) is 7.32. The molecule has 0 spiro atoms. The van der Waals surface area contributed by atoms with Gasteiger partial charge in [0.15, 0.2) is 0 Å². The number of hydrogen-bond donors (Lipinski definition) is 1. The third-order valence-electron chi connectivity index (χ3n) is 3.59. The summed E-state index contributed by atoms with van der Waals surface area (Å²) in [6.07, 6.45) is 0.169. The van der Waals surface area contributed by atoms with Gasteiger partial charge >= 0.3 is 5.97 Å². The van der Waals surface area contributed by atoms with Crippen molar-refractivity contribution in [3.05, 3.63) is 35.4 Å². The molecule has 1 aromatic rings. The smallest absolute Gasteiger partial charge is 0.307 e. The van der Waals surface area contributed by atoms with E-state index in [1.54, 1.807) is 6.92 Å². The molecule has 0 aliphatic rings. The molecule has 0 saturated carbocycles. The topological polar surface area (TPSA) is 58.6 Å². The maximum Gasteiger partial charge on any atom is 0.307 e. The Hall–Kier alpha value is -1.88. The number of hydrogen-bond acceptors (Lipinski definition) is 4. The zero-order valence-electron chi connectivity index (χ0n) is 13.9. The van der Waals surface area contributed by atoms with Crippen LogP contribution < -0.4 is 5.32 Å². The van der Waals surface area contributed by atoms with Crippen molar-refractivity contribution < 1.29 is 14.3 Å². The summed E-state index contributed by atoms with van der Waals surface area (Å²) in [5.74, 6) is -0.506. The van der Waals surface area contributed by atoms with E-state index < -0.39 is 0 Å². The maximum atomic E-state index is 12.1. The summed E-state index contributed by atoms with van der Waals surface area (Å²) in [5, 5.41) is 2.79. The highest BCUT2D eigenvalue weighted by atomic mass is 16.5. The van der Waals surface area contributed by atoms with Gasteiger partial charge in [-0.25, -0.2) is 0 Å². The summed E-state index contributed by atoms with van der Waals surface area (Å²) in [7, 11) is 1.34. The number of benzene rings is 1. The molecule has 1 aromatic carbocycles. The van der Waals surface area contributed by atoms with Crippen molar-refractivity contribution >= 4 is 11.9 Å². The number of nitrogens with one attached hydrogen (secondary N) is 1. The van der Waals surface area contributed by atoms with Gasteiger partial charge in [0.2, 0.25) is 0 Å². The van der Waals surface area contributed by atoms with Crippen LogP contribution in [-0.2, 0) is 16.1 Å². The molecular weight excluding hydrogens is 280 g/mol. The second-order valence-electron chi connectivity index (χ2n) is 5.31. The molecule has 1 amide bonds. The number of carbonyl (C=O) groups excluding carboxylic acids is 2. The molecule has 0 aliphatic heterocycles. The minimum atomic E-state index is -0.331. The Balaban J connectivity index is 2.58. The predicted molar refractivity (Wildman–Crippen MR) is 86.6 cm³/mol. The fourth-order valence-electron chi connectivity index (χ4n) is 2.16. The van der Waals surface area contributed by atoms with Crippen LogP contribution >= 0.6 is 0 Å². The van der Waals surface area contributed by atoms with Crippen molar-refractivity contribution in [3.63, 3.8) is 0 Å². The van der Waals surface area contributed by atoms with Gasteiger partial charge in [-0.2, -0.15) is 0 Å². The Bertz CT molecular complexity index is 481. The van der Waals surface area contributed by atoms with E-state index in [1.807, 2.05) is 24.3 Å². The first-order chi connectivity index (χ1) is 10.5. The van der Waals surface area contributed by atoms with Gasteiger partial charge in [-0.05, 0) is 37.7 Å². The molecule has 5 nitrogen and oxygen atoms in total. The van der Waals surface area contributed by atoms with Crippen LogP contribution in [0.3, 0.4) is 0 Å². The fraction of sp³-hybridized carbons (Fsp3) is 0.529. The molecule has 0 fully saturated rings. The van der Waals surface area contributed by atoms with Crippen molar-refractivity contribution in [2.45, 2.75) is 39.8 Å². The van der Waals surface area contributed by atoms with Gasteiger partial charge in [-0.15, -0.1) is 0 Å². The Morgan fingerprint density at radius 3 is 2.27 bits per heavy atom. The second kappa shape index (κ2) is 9.20. The Kier molecular flexibility index (Phi) is 7.60. The lowest BCUT2D eigenvalue weighted by Gasteiger charge is -2.18. The van der Waals surface area contributed by atoms with Gasteiger partial charge in [0.05, 0.1) is 13.5 Å². The van der Waals surface area contributed by atoms with Crippen molar-refractivity contribution in [1.82, 2.24) is 10.2 Å². The summed E-state index contributed by atoms with van der Waals surface area (Å²) in [6.45, 7) is 8.94. The standard InChI is InChI=1S/C17H26N2O3/c1-5-19(6-2)12-14-7-9-15(10-8-14)17(21)18-13(3)11-16(20)22-4/h7-10,13H,5-6,11-12H2,1-4H3,(H,18,21)/t13-/m1/s1. The first kappa shape index (κ1) is 18.2. The van der Waals surface area contributed by atoms with Crippen molar-refractivity contribution in [2.75, 3.05) is 20.2 Å². The predicted octanol–water partition coefficient (Wildman–Crippen LogP) is 2.21. The van der Waals surface area contributed by atoms with E-state index >= 15 is 0 Å². The van der Waals surface area contributed by atoms with E-state index in [0.29, 0.717) is 5.56 Å². The van der Waals surface area contributed by atoms with E-state index in [0.717, 1.165) is 19.6 Å². The molecule has 1 N–H and O–H groups in total. The van der Waals surface area contributed by atoms with Gasteiger partial charge in [-0.3, -0.25) is 14.5 Å². The highest BCUT2D eigenvalue weighted by Crippen LogP contribution is 2.08. The van der Waals surface area contributed by atoms with Crippen LogP contribution in [0.25, 0.3) is 0 Å². The molecule has 1 atom stereocenters. The quantitative estimate of drug-likeness (QED) is 0.748. The van der Waals surface area contributed by atoms with Gasteiger partial charge in [-0.1, -0.05) is 26.0 Å². The number of rotatable bonds is 8. The molecule has 1 rings (SSSR count). The van der Waals surface area contributed by atoms with Gasteiger partial charge in [0.25, 0.3) is 5.91 Å². The second-order valence-corrected chi connectivity index (χ2v) is 5.31. The zero-order chi connectivity index (χ0) is 16.5. The maximum absolute atomic E-state index is 12.1. The van der Waals surface area contributed by atoms with E-state index in [-0.39, 0.29) is 24.3 Å². The lowest BCUT2D eigenvalue weighted by Crippen LogP contribution is -2.34. The average molecular weight is 306 g/mol. The number of ether oxygens (including phenoxy) is 1. The first-order valence-electron chi connectivity index (χ1n) is 7.69. The van der Waals surface area contributed by atoms with Crippen molar-refractivity contribution in [2.24, 2.45) is 0 Å². The SMILES string of the molecule is CCN(CC)Cc1ccc(C(=O)N[C@H](C)CC(=O)OC)cc1. The fourth-order valence-corrected chi connectivity index (χ4v) is 2.16. The molecule has 0 aliphatic carbocycles. The first-order valence-corrected chi connectivity index (χ1v) is 7.69. The average Bonchev–Trinajstić information content (AvgIpc) is 2.52. The molecule has 0 bridgehead atoms. The van der Waals surface area contributed by atoms with Crippen LogP contribution in [0.1, 0.15) is 43.1 Å². The van der Waals surface area contributed by atoms with Crippen LogP contribution in [0.4, 0.5) is 0 Å². The van der Waals surface area contributed by atoms with Crippen LogP contribution in [0.15, 0.2) is 24.3 Å². The van der Waals surface area contributed by atoms with Gasteiger partial charge in [0.1, 0.15) is 0 Å². The van der Waals surface area contributed by atoms with Crippen LogP contribution in [0.2, 0.25) is 0 Å². The Morgan fingerprint density at radius 1 is 1.18 bits per heavy atom. The monoisotopic (exact) mass is 306 g/mol. The minimum absolute atomic E-state index is 0.169. The summed E-state index contributed by atoms with van der Waals surface area (Å²) in [4.78, 5) is 25.6. The van der Waals surface area contributed by atoms with E-state index in [2.05, 4.69) is 28.8 Å². The number of amides is 1. The number of esters is 1. The van der Waals surface area contributed by atoms with Crippen molar-refractivity contribution in [3.8, 4) is 0 Å². The molecule has 22 heavy (non-hydrogen) atoms. The van der Waals surface area contributed by atoms with Gasteiger partial charge in [0, 0.05) is 18.2 Å². The van der Waals surface area contributed by atoms with Crippen molar-refractivity contribution in [1.29, 1.82) is 0 Å². The van der Waals surface area contributed by atoms with E-state index in [4.69, 9.17) is 0 Å². The number of nitrogens with zero attached hydrogens (tertiary/aromatic N) is 1. The molecule has 0 unspecified atom stereocenters. The minimum Gasteiger partial charge on any atom is -0.469 e. The largest absolute Gasteiger partial charge is 0.469 e. The molecule has 0 radical (unpaired) electrons. The third kappa shape index (κ3) is 5.85. The summed E-state index contributed by atoms with van der Waals surface area (Å²) < 4.78 is 4.59. The summed E-state index contributed by atoms with van der Waals surface area (Å²) in [5.41, 5.74) is 1.78. The molecule has 5 heteroatoms. The summed E-state index contributed by atoms with van der Waals surface area (Å²) >= 11 is 0. The van der Waals surface area contributed by atoms with E-state index in [1.165, 1.54) is 12.7 Å². The van der Waals surface area contributed by atoms with Gasteiger partial charge < -0.3 is 10.1 Å². The van der Waals surface area contributed by atoms with E-state index in [9.17, 15) is 9.59 Å². The normalized spacial score (nSPS) is 12.0. The highest BCUT2D eigenvalue weighted by Gasteiger charge is 2.13. The van der Waals surface area contributed by atoms with Crippen LogP contribution in [-0.4, -0.2) is 43.0 Å². The van der Waals surface area contributed by atoms with Crippen LogP contribution in [0, 0.1) is 0 Å². The number of carbonyl (C=O) groups is 2. The lowest BCUT2D eigenvalue weighted by atomic mass is 10.1. The third-order valence-corrected chi connectivity index (χ3v) is 3.59. The highest BCUT2D eigenvalue weighted by molar-refractivity contribution is 5.94. The lowest BCUT2D eigenvalue weighted by molar-refractivity contribution is -0.141. The van der Waals surface area contributed by atoms with Crippen LogP contribution in [0.5, 0.6) is 0 Å². The zero-order valence-corrected chi connectivity index (χ0v) is 13.9. The molecule has 0 saturated heterocycles. The molecule has 0 heterocycles.